The molecule has 2 aromatic carbocycles. The molecule has 0 unspecified atom stereocenters. The maximum absolute atomic E-state index is 12.2. The zero-order valence-electron chi connectivity index (χ0n) is 17.1. The van der Waals surface area contributed by atoms with E-state index in [1.165, 1.54) is 24.6 Å². The highest BCUT2D eigenvalue weighted by Crippen LogP contribution is 2.24. The average Bonchev–Trinajstić information content (AvgIpc) is 2.71. The molecule has 1 amide bonds. The van der Waals surface area contributed by atoms with Gasteiger partial charge in [0.05, 0.1) is 6.42 Å². The minimum absolute atomic E-state index is 0.0763. The third-order valence-electron chi connectivity index (χ3n) is 4.65. The van der Waals surface area contributed by atoms with Crippen LogP contribution in [0.15, 0.2) is 59.5 Å². The van der Waals surface area contributed by atoms with Crippen molar-refractivity contribution in [2.75, 3.05) is 5.75 Å². The second kappa shape index (κ2) is 13.0. The largest absolute Gasteiger partial charge is 0.481 e. The highest BCUT2D eigenvalue weighted by Gasteiger charge is 2.16. The molecule has 0 spiro atoms. The van der Waals surface area contributed by atoms with E-state index in [0.29, 0.717) is 12.2 Å². The Hall–Kier alpha value is -2.27. The number of allylic oxidation sites excluding steroid dienone is 1. The van der Waals surface area contributed by atoms with Gasteiger partial charge in [0.1, 0.15) is 0 Å². The maximum atomic E-state index is 12.2. The van der Waals surface area contributed by atoms with Crippen LogP contribution in [0.2, 0.25) is 0 Å². The number of fused-ring (bicyclic) bond motifs is 1. The van der Waals surface area contributed by atoms with E-state index in [2.05, 4.69) is 36.5 Å². The van der Waals surface area contributed by atoms with E-state index < -0.39 is 12.0 Å². The van der Waals surface area contributed by atoms with Crippen LogP contribution in [0.3, 0.4) is 0 Å². The summed E-state index contributed by atoms with van der Waals surface area (Å²) in [7, 11) is 0. The molecule has 0 radical (unpaired) electrons. The van der Waals surface area contributed by atoms with E-state index >= 15 is 0 Å². The highest BCUT2D eigenvalue weighted by molar-refractivity contribution is 7.99. The first kappa shape index (κ1) is 23.0. The number of hydrogen-bond acceptors (Lipinski definition) is 3. The fourth-order valence-electron chi connectivity index (χ4n) is 3.10. The fourth-order valence-corrected chi connectivity index (χ4v) is 4.07. The molecule has 0 aliphatic rings. The number of rotatable bonds is 13. The Bertz CT molecular complexity index is 819. The van der Waals surface area contributed by atoms with Crippen molar-refractivity contribution in [2.45, 2.75) is 62.8 Å². The summed E-state index contributed by atoms with van der Waals surface area (Å²) >= 11 is 1.57. The van der Waals surface area contributed by atoms with Crippen LogP contribution < -0.4 is 5.32 Å². The number of benzene rings is 2. The number of aliphatic carboxylic acids is 1. The van der Waals surface area contributed by atoms with Crippen molar-refractivity contribution in [3.05, 3.63) is 54.6 Å². The summed E-state index contributed by atoms with van der Waals surface area (Å²) in [6.45, 7) is 2.19. The molecule has 0 aliphatic heterocycles. The van der Waals surface area contributed by atoms with E-state index in [1.807, 2.05) is 30.4 Å². The van der Waals surface area contributed by atoms with Gasteiger partial charge in [-0.2, -0.15) is 0 Å². The number of carbonyl (C=O) groups is 2. The van der Waals surface area contributed by atoms with Crippen molar-refractivity contribution in [3.63, 3.8) is 0 Å². The molecule has 0 saturated carbocycles. The Morgan fingerprint density at radius 2 is 1.86 bits per heavy atom. The van der Waals surface area contributed by atoms with Crippen LogP contribution in [-0.4, -0.2) is 28.8 Å². The number of unbranched alkanes of at least 4 members (excludes halogenated alkanes) is 4. The van der Waals surface area contributed by atoms with Crippen molar-refractivity contribution in [2.24, 2.45) is 0 Å². The van der Waals surface area contributed by atoms with Gasteiger partial charge >= 0.3 is 5.97 Å². The van der Waals surface area contributed by atoms with Crippen LogP contribution in [0.25, 0.3) is 10.8 Å². The second-order valence-corrected chi connectivity index (χ2v) is 8.30. The van der Waals surface area contributed by atoms with Gasteiger partial charge < -0.3 is 10.4 Å². The van der Waals surface area contributed by atoms with Gasteiger partial charge in [-0.3, -0.25) is 9.59 Å². The molecular formula is C24H31NO3S. The Morgan fingerprint density at radius 1 is 1.07 bits per heavy atom. The lowest BCUT2D eigenvalue weighted by Gasteiger charge is -2.16. The Labute approximate surface area is 177 Å². The molecule has 0 aromatic heterocycles. The summed E-state index contributed by atoms with van der Waals surface area (Å²) in [5.41, 5.74) is 0. The van der Waals surface area contributed by atoms with Crippen LogP contribution in [0, 0.1) is 0 Å². The molecule has 0 aliphatic carbocycles. The van der Waals surface area contributed by atoms with Gasteiger partial charge in [-0.05, 0) is 35.7 Å². The van der Waals surface area contributed by atoms with Crippen molar-refractivity contribution < 1.29 is 14.7 Å². The van der Waals surface area contributed by atoms with Crippen molar-refractivity contribution in [3.8, 4) is 0 Å². The first-order chi connectivity index (χ1) is 14.1. The van der Waals surface area contributed by atoms with E-state index in [0.717, 1.165) is 23.1 Å². The minimum atomic E-state index is -0.902. The fraction of sp³-hybridized carbons (Fsp3) is 0.417. The number of hydrogen-bond donors (Lipinski definition) is 2. The number of carboxylic acids is 1. The molecule has 0 heterocycles. The number of carboxylic acid groups (broad SMARTS) is 1. The van der Waals surface area contributed by atoms with Gasteiger partial charge in [-0.25, -0.2) is 0 Å². The highest BCUT2D eigenvalue weighted by atomic mass is 32.2. The number of carbonyl (C=O) groups excluding carboxylic acids is 1. The van der Waals surface area contributed by atoms with Crippen molar-refractivity contribution in [1.82, 2.24) is 5.32 Å². The molecule has 2 rings (SSSR count). The third kappa shape index (κ3) is 9.18. The third-order valence-corrected chi connectivity index (χ3v) is 5.81. The molecule has 4 nitrogen and oxygen atoms in total. The van der Waals surface area contributed by atoms with Crippen LogP contribution in [0.4, 0.5) is 0 Å². The van der Waals surface area contributed by atoms with E-state index in [1.54, 1.807) is 11.8 Å². The summed E-state index contributed by atoms with van der Waals surface area (Å²) in [4.78, 5) is 24.4. The summed E-state index contributed by atoms with van der Waals surface area (Å²) in [6.07, 6.45) is 9.98. The van der Waals surface area contributed by atoms with Gasteiger partial charge in [0.25, 0.3) is 0 Å². The predicted octanol–water partition coefficient (Wildman–Crippen LogP) is 5.81. The van der Waals surface area contributed by atoms with Crippen molar-refractivity contribution in [1.29, 1.82) is 0 Å². The van der Waals surface area contributed by atoms with E-state index in [-0.39, 0.29) is 12.3 Å². The molecule has 0 bridgehead atoms. The standard InChI is InChI=1S/C24H31NO3S/c1-2-3-4-5-6-7-8-13-23(26)25-21(17-24(27)28)18-29-22-15-14-19-11-9-10-12-20(19)16-22/h7-12,14-16,21H,2-6,13,17-18H2,1H3,(H,25,26)(H,27,28)/b8-7+/t21-/m0/s1. The van der Waals surface area contributed by atoms with Gasteiger partial charge in [0.2, 0.25) is 5.91 Å². The smallest absolute Gasteiger partial charge is 0.305 e. The van der Waals surface area contributed by atoms with Crippen LogP contribution in [-0.2, 0) is 9.59 Å². The predicted molar refractivity (Wildman–Crippen MR) is 121 cm³/mol. The first-order valence-electron chi connectivity index (χ1n) is 10.4. The van der Waals surface area contributed by atoms with Gasteiger partial charge in [-0.15, -0.1) is 11.8 Å². The van der Waals surface area contributed by atoms with Gasteiger partial charge in [0.15, 0.2) is 0 Å². The molecule has 2 N–H and O–H groups in total. The minimum Gasteiger partial charge on any atom is -0.481 e. The lowest BCUT2D eigenvalue weighted by atomic mass is 10.1. The second-order valence-electron chi connectivity index (χ2n) is 7.21. The quantitative estimate of drug-likeness (QED) is 0.247. The van der Waals surface area contributed by atoms with E-state index in [4.69, 9.17) is 0 Å². The molecule has 1 atom stereocenters. The normalized spacial score (nSPS) is 12.3. The summed E-state index contributed by atoms with van der Waals surface area (Å²) in [5, 5.41) is 14.4. The Kier molecular flexibility index (Phi) is 10.4. The SMILES string of the molecule is CCCCCC/C=C/CC(=O)N[C@H](CSc1ccc2ccccc2c1)CC(=O)O. The summed E-state index contributed by atoms with van der Waals surface area (Å²) < 4.78 is 0. The van der Waals surface area contributed by atoms with Crippen LogP contribution in [0.1, 0.15) is 51.9 Å². The molecule has 2 aromatic rings. The lowest BCUT2D eigenvalue weighted by Crippen LogP contribution is -2.38. The summed E-state index contributed by atoms with van der Waals surface area (Å²) in [6, 6.07) is 13.9. The van der Waals surface area contributed by atoms with Crippen molar-refractivity contribution >= 4 is 34.4 Å². The number of nitrogens with one attached hydrogen (secondary N) is 1. The van der Waals surface area contributed by atoms with Gasteiger partial charge in [0, 0.05) is 23.1 Å². The topological polar surface area (TPSA) is 66.4 Å². The molecule has 0 saturated heterocycles. The number of thioether (sulfide) groups is 1. The number of amides is 1. The zero-order valence-corrected chi connectivity index (χ0v) is 17.9. The molecule has 5 heteroatoms. The molecular weight excluding hydrogens is 382 g/mol. The molecule has 0 fully saturated rings. The molecule has 29 heavy (non-hydrogen) atoms. The monoisotopic (exact) mass is 413 g/mol. The maximum Gasteiger partial charge on any atom is 0.305 e. The van der Waals surface area contributed by atoms with Gasteiger partial charge in [-0.1, -0.05) is 68.7 Å². The average molecular weight is 414 g/mol. The Morgan fingerprint density at radius 3 is 2.62 bits per heavy atom. The summed E-state index contributed by atoms with van der Waals surface area (Å²) in [5.74, 6) is -0.502. The van der Waals surface area contributed by atoms with E-state index in [9.17, 15) is 14.7 Å². The molecule has 156 valence electrons. The zero-order chi connectivity index (χ0) is 20.9. The lowest BCUT2D eigenvalue weighted by molar-refractivity contribution is -0.137. The first-order valence-corrected chi connectivity index (χ1v) is 11.3. The van der Waals surface area contributed by atoms with Crippen LogP contribution in [0.5, 0.6) is 0 Å². The van der Waals surface area contributed by atoms with Crippen LogP contribution >= 0.6 is 11.8 Å². The Balaban J connectivity index is 1.82.